The summed E-state index contributed by atoms with van der Waals surface area (Å²) >= 11 is 5.53. The summed E-state index contributed by atoms with van der Waals surface area (Å²) in [6.45, 7) is 6.29. The lowest BCUT2D eigenvalue weighted by molar-refractivity contribution is 0.331. The molecule has 3 nitrogen and oxygen atoms in total. The number of hydrogen-bond donors (Lipinski definition) is 1. The first-order valence-electron chi connectivity index (χ1n) is 6.34. The van der Waals surface area contributed by atoms with Crippen LogP contribution in [0.3, 0.4) is 0 Å². The summed E-state index contributed by atoms with van der Waals surface area (Å²) in [4.78, 5) is 0. The van der Waals surface area contributed by atoms with Crippen LogP contribution in [0.25, 0.3) is 0 Å². The SMILES string of the molecule is CC(C)(C)CC(NS(=O)(=O)CCCl)c1ccccc1. The van der Waals surface area contributed by atoms with Crippen LogP contribution in [0.5, 0.6) is 0 Å². The predicted molar refractivity (Wildman–Crippen MR) is 80.9 cm³/mol. The maximum absolute atomic E-state index is 11.9. The van der Waals surface area contributed by atoms with Crippen LogP contribution in [0, 0.1) is 5.41 Å². The maximum Gasteiger partial charge on any atom is 0.213 e. The monoisotopic (exact) mass is 303 g/mol. The molecule has 108 valence electrons. The van der Waals surface area contributed by atoms with Gasteiger partial charge in [-0.25, -0.2) is 13.1 Å². The van der Waals surface area contributed by atoms with Gasteiger partial charge in [-0.3, -0.25) is 0 Å². The zero-order valence-corrected chi connectivity index (χ0v) is 13.3. The molecule has 0 spiro atoms. The highest BCUT2D eigenvalue weighted by atomic mass is 35.5. The fourth-order valence-corrected chi connectivity index (χ4v) is 3.49. The largest absolute Gasteiger partial charge is 0.213 e. The van der Waals surface area contributed by atoms with Crippen LogP contribution in [0.15, 0.2) is 30.3 Å². The molecule has 1 unspecified atom stereocenters. The van der Waals surface area contributed by atoms with Crippen molar-refractivity contribution in [1.82, 2.24) is 4.72 Å². The molecule has 0 saturated heterocycles. The van der Waals surface area contributed by atoms with Crippen LogP contribution in [0.4, 0.5) is 0 Å². The van der Waals surface area contributed by atoms with Gasteiger partial charge in [0, 0.05) is 11.9 Å². The van der Waals surface area contributed by atoms with Crippen LogP contribution >= 0.6 is 11.6 Å². The Morgan fingerprint density at radius 1 is 1.21 bits per heavy atom. The normalized spacial score (nSPS) is 14.3. The van der Waals surface area contributed by atoms with Gasteiger partial charge in [0.05, 0.1) is 5.75 Å². The van der Waals surface area contributed by atoms with E-state index in [2.05, 4.69) is 25.5 Å². The number of hydrogen-bond acceptors (Lipinski definition) is 2. The highest BCUT2D eigenvalue weighted by Gasteiger charge is 2.24. The summed E-state index contributed by atoms with van der Waals surface area (Å²) in [7, 11) is -3.33. The first kappa shape index (κ1) is 16.5. The Hall–Kier alpha value is -0.580. The van der Waals surface area contributed by atoms with Gasteiger partial charge in [-0.1, -0.05) is 51.1 Å². The molecule has 0 fully saturated rings. The lowest BCUT2D eigenvalue weighted by Gasteiger charge is -2.27. The summed E-state index contributed by atoms with van der Waals surface area (Å²) in [5.74, 6) is 0.0500. The number of alkyl halides is 1. The Labute approximate surface area is 121 Å². The Morgan fingerprint density at radius 3 is 2.26 bits per heavy atom. The molecule has 0 bridgehead atoms. The average molecular weight is 304 g/mol. The van der Waals surface area contributed by atoms with Gasteiger partial charge in [-0.05, 0) is 17.4 Å². The third kappa shape index (κ3) is 6.41. The van der Waals surface area contributed by atoms with Crippen LogP contribution in [0.2, 0.25) is 0 Å². The number of halogens is 1. The first-order valence-corrected chi connectivity index (χ1v) is 8.53. The molecule has 0 aromatic heterocycles. The number of rotatable bonds is 6. The molecule has 0 radical (unpaired) electrons. The summed E-state index contributed by atoms with van der Waals surface area (Å²) in [5.41, 5.74) is 1.01. The van der Waals surface area contributed by atoms with E-state index in [9.17, 15) is 8.42 Å². The molecule has 0 amide bonds. The van der Waals surface area contributed by atoms with E-state index in [-0.39, 0.29) is 23.1 Å². The average Bonchev–Trinajstić information content (AvgIpc) is 2.27. The van der Waals surface area contributed by atoms with E-state index in [1.165, 1.54) is 0 Å². The number of sulfonamides is 1. The second-order valence-corrected chi connectivity index (χ2v) is 8.11. The van der Waals surface area contributed by atoms with Gasteiger partial charge < -0.3 is 0 Å². The van der Waals surface area contributed by atoms with E-state index >= 15 is 0 Å². The molecule has 5 heteroatoms. The molecular weight excluding hydrogens is 282 g/mol. The summed E-state index contributed by atoms with van der Waals surface area (Å²) in [6, 6.07) is 9.43. The van der Waals surface area contributed by atoms with Gasteiger partial charge in [0.2, 0.25) is 10.0 Å². The van der Waals surface area contributed by atoms with Gasteiger partial charge in [0.25, 0.3) is 0 Å². The van der Waals surface area contributed by atoms with Crippen molar-refractivity contribution in [3.05, 3.63) is 35.9 Å². The molecule has 0 aliphatic rings. The van der Waals surface area contributed by atoms with E-state index in [0.29, 0.717) is 0 Å². The molecule has 0 heterocycles. The molecule has 1 atom stereocenters. The Kier molecular flexibility index (Phi) is 5.83. The minimum absolute atomic E-state index is 0.0317. The van der Waals surface area contributed by atoms with Crippen molar-refractivity contribution in [2.45, 2.75) is 33.2 Å². The smallest absolute Gasteiger partial charge is 0.212 e. The fourth-order valence-electron chi connectivity index (χ4n) is 1.90. The van der Waals surface area contributed by atoms with Gasteiger partial charge in [0.15, 0.2) is 0 Å². The second kappa shape index (κ2) is 6.73. The van der Waals surface area contributed by atoms with Crippen molar-refractivity contribution in [3.8, 4) is 0 Å². The Balaban J connectivity index is 2.94. The minimum Gasteiger partial charge on any atom is -0.212 e. The topological polar surface area (TPSA) is 46.2 Å². The van der Waals surface area contributed by atoms with Gasteiger partial charge >= 0.3 is 0 Å². The molecule has 1 rings (SSSR count). The summed E-state index contributed by atoms with van der Waals surface area (Å²) in [5, 5.41) is 0. The molecule has 1 aromatic rings. The highest BCUT2D eigenvalue weighted by molar-refractivity contribution is 7.89. The number of benzene rings is 1. The van der Waals surface area contributed by atoms with Crippen molar-refractivity contribution in [2.24, 2.45) is 5.41 Å². The molecule has 19 heavy (non-hydrogen) atoms. The van der Waals surface area contributed by atoms with Crippen LogP contribution in [-0.2, 0) is 10.0 Å². The van der Waals surface area contributed by atoms with Crippen molar-refractivity contribution < 1.29 is 8.42 Å². The van der Waals surface area contributed by atoms with E-state index in [4.69, 9.17) is 11.6 Å². The van der Waals surface area contributed by atoms with Crippen LogP contribution in [0.1, 0.15) is 38.8 Å². The van der Waals surface area contributed by atoms with E-state index in [1.807, 2.05) is 30.3 Å². The Bertz CT molecular complexity index is 480. The highest BCUT2D eigenvalue weighted by Crippen LogP contribution is 2.29. The minimum atomic E-state index is -3.33. The van der Waals surface area contributed by atoms with Crippen LogP contribution < -0.4 is 4.72 Å². The fraction of sp³-hybridized carbons (Fsp3) is 0.571. The predicted octanol–water partition coefficient (Wildman–Crippen LogP) is 3.32. The summed E-state index contributed by atoms with van der Waals surface area (Å²) in [6.07, 6.45) is 0.735. The van der Waals surface area contributed by atoms with Gasteiger partial charge in [-0.2, -0.15) is 0 Å². The van der Waals surface area contributed by atoms with Gasteiger partial charge in [-0.15, -0.1) is 11.6 Å². The second-order valence-electron chi connectivity index (χ2n) is 5.85. The van der Waals surface area contributed by atoms with Crippen molar-refractivity contribution in [2.75, 3.05) is 11.6 Å². The third-order valence-electron chi connectivity index (χ3n) is 2.69. The van der Waals surface area contributed by atoms with Crippen LogP contribution in [-0.4, -0.2) is 20.1 Å². The number of nitrogens with one attached hydrogen (secondary N) is 1. The molecule has 0 aliphatic heterocycles. The molecule has 0 saturated carbocycles. The zero-order valence-electron chi connectivity index (χ0n) is 11.7. The Morgan fingerprint density at radius 2 is 1.79 bits per heavy atom. The first-order chi connectivity index (χ1) is 8.73. The molecular formula is C14H22ClNO2S. The van der Waals surface area contributed by atoms with E-state index < -0.39 is 10.0 Å². The third-order valence-corrected chi connectivity index (χ3v) is 4.48. The summed E-state index contributed by atoms with van der Waals surface area (Å²) < 4.78 is 26.6. The maximum atomic E-state index is 11.9. The van der Waals surface area contributed by atoms with Crippen molar-refractivity contribution in [3.63, 3.8) is 0 Å². The van der Waals surface area contributed by atoms with Crippen molar-refractivity contribution in [1.29, 1.82) is 0 Å². The standard InChI is InChI=1S/C14H22ClNO2S/c1-14(2,3)11-13(12-7-5-4-6-8-12)16-19(17,18)10-9-15/h4-8,13,16H,9-11H2,1-3H3. The molecule has 1 aromatic carbocycles. The molecule has 1 N–H and O–H groups in total. The van der Waals surface area contributed by atoms with Gasteiger partial charge in [0.1, 0.15) is 0 Å². The lowest BCUT2D eigenvalue weighted by atomic mass is 9.86. The van der Waals surface area contributed by atoms with Crippen molar-refractivity contribution >= 4 is 21.6 Å². The lowest BCUT2D eigenvalue weighted by Crippen LogP contribution is -2.33. The quantitative estimate of drug-likeness (QED) is 0.819. The zero-order chi connectivity index (χ0) is 14.5. The van der Waals surface area contributed by atoms with E-state index in [1.54, 1.807) is 0 Å². The van der Waals surface area contributed by atoms with E-state index in [0.717, 1.165) is 12.0 Å². The molecule has 0 aliphatic carbocycles.